The molecule has 0 saturated carbocycles. The summed E-state index contributed by atoms with van der Waals surface area (Å²) in [6.07, 6.45) is 0. The molecule has 0 amide bonds. The Balaban J connectivity index is 2.14. The third kappa shape index (κ3) is 2.05. The normalized spacial score (nSPS) is 11.1. The summed E-state index contributed by atoms with van der Waals surface area (Å²) < 4.78 is 0. The van der Waals surface area contributed by atoms with Crippen molar-refractivity contribution in [3.05, 3.63) is 59.8 Å². The van der Waals surface area contributed by atoms with Gasteiger partial charge in [0, 0.05) is 5.56 Å². The number of hydrogen-bond donors (Lipinski definition) is 1. The van der Waals surface area contributed by atoms with Crippen LogP contribution in [0.4, 0.5) is 5.95 Å². The predicted octanol–water partition coefficient (Wildman–Crippen LogP) is 4.08. The van der Waals surface area contributed by atoms with Crippen molar-refractivity contribution in [1.82, 2.24) is 15.0 Å². The standard InChI is InChI=1S/C17H11ClN4/c18-14-9-8-13-16(21-14)15(22-17(19)20-13)12-7-3-5-10-4-1-2-6-11(10)12/h1-9H,(H2,19,20,22). The lowest BCUT2D eigenvalue weighted by atomic mass is 10.0. The van der Waals surface area contributed by atoms with E-state index in [-0.39, 0.29) is 5.95 Å². The summed E-state index contributed by atoms with van der Waals surface area (Å²) in [7, 11) is 0. The molecule has 0 radical (unpaired) electrons. The summed E-state index contributed by atoms with van der Waals surface area (Å²) in [5, 5.41) is 2.63. The second-order valence-electron chi connectivity index (χ2n) is 4.96. The topological polar surface area (TPSA) is 64.7 Å². The second kappa shape index (κ2) is 4.93. The van der Waals surface area contributed by atoms with Crippen LogP contribution in [0.2, 0.25) is 5.15 Å². The van der Waals surface area contributed by atoms with Crippen molar-refractivity contribution in [2.75, 3.05) is 5.73 Å². The number of hydrogen-bond acceptors (Lipinski definition) is 4. The van der Waals surface area contributed by atoms with Gasteiger partial charge < -0.3 is 5.73 Å². The van der Waals surface area contributed by atoms with Gasteiger partial charge in [0.2, 0.25) is 5.95 Å². The Morgan fingerprint density at radius 1 is 0.818 bits per heavy atom. The Hall–Kier alpha value is -2.72. The molecule has 4 aromatic rings. The molecule has 0 aliphatic rings. The van der Waals surface area contributed by atoms with Gasteiger partial charge in [0.15, 0.2) is 0 Å². The van der Waals surface area contributed by atoms with Crippen LogP contribution in [0.15, 0.2) is 54.6 Å². The zero-order chi connectivity index (χ0) is 15.1. The summed E-state index contributed by atoms with van der Waals surface area (Å²) in [4.78, 5) is 13.0. The smallest absolute Gasteiger partial charge is 0.221 e. The molecule has 22 heavy (non-hydrogen) atoms. The maximum Gasteiger partial charge on any atom is 0.221 e. The highest BCUT2D eigenvalue weighted by molar-refractivity contribution is 6.29. The van der Waals surface area contributed by atoms with Gasteiger partial charge in [-0.15, -0.1) is 0 Å². The molecular formula is C17H11ClN4. The fourth-order valence-corrected chi connectivity index (χ4v) is 2.78. The largest absolute Gasteiger partial charge is 0.368 e. The lowest BCUT2D eigenvalue weighted by Gasteiger charge is -2.09. The molecule has 5 heteroatoms. The Bertz CT molecular complexity index is 1010. The number of aromatic nitrogens is 3. The van der Waals surface area contributed by atoms with Crippen molar-refractivity contribution < 1.29 is 0 Å². The van der Waals surface area contributed by atoms with E-state index in [4.69, 9.17) is 17.3 Å². The SMILES string of the molecule is Nc1nc(-c2cccc3ccccc23)c2nc(Cl)ccc2n1. The van der Waals surface area contributed by atoms with Crippen LogP contribution in [0.1, 0.15) is 0 Å². The van der Waals surface area contributed by atoms with Gasteiger partial charge in [0.25, 0.3) is 0 Å². The first-order chi connectivity index (χ1) is 10.7. The van der Waals surface area contributed by atoms with Crippen LogP contribution in [0.5, 0.6) is 0 Å². The van der Waals surface area contributed by atoms with Crippen LogP contribution >= 0.6 is 11.6 Å². The summed E-state index contributed by atoms with van der Waals surface area (Å²) in [6, 6.07) is 17.7. The van der Waals surface area contributed by atoms with Gasteiger partial charge in [-0.25, -0.2) is 15.0 Å². The van der Waals surface area contributed by atoms with Gasteiger partial charge in [-0.2, -0.15) is 0 Å². The average Bonchev–Trinajstić information content (AvgIpc) is 2.54. The van der Waals surface area contributed by atoms with Crippen LogP contribution in [0.3, 0.4) is 0 Å². The molecule has 106 valence electrons. The highest BCUT2D eigenvalue weighted by Gasteiger charge is 2.13. The number of nitrogens with two attached hydrogens (primary N) is 1. The van der Waals surface area contributed by atoms with Crippen molar-refractivity contribution in [2.24, 2.45) is 0 Å². The van der Waals surface area contributed by atoms with Crippen LogP contribution < -0.4 is 5.73 Å². The van der Waals surface area contributed by atoms with E-state index in [1.807, 2.05) is 24.3 Å². The fourth-order valence-electron chi connectivity index (χ4n) is 2.63. The molecule has 0 unspecified atom stereocenters. The Kier molecular flexibility index (Phi) is 2.91. The molecule has 0 aliphatic carbocycles. The summed E-state index contributed by atoms with van der Waals surface area (Å²) in [5.41, 5.74) is 8.85. The van der Waals surface area contributed by atoms with Gasteiger partial charge in [0.05, 0.1) is 5.52 Å². The van der Waals surface area contributed by atoms with Crippen molar-refractivity contribution in [3.63, 3.8) is 0 Å². The quantitative estimate of drug-likeness (QED) is 0.538. The highest BCUT2D eigenvalue weighted by atomic mass is 35.5. The first-order valence-electron chi connectivity index (χ1n) is 6.80. The van der Waals surface area contributed by atoms with Crippen molar-refractivity contribution >= 4 is 39.4 Å². The van der Waals surface area contributed by atoms with Crippen molar-refractivity contribution in [3.8, 4) is 11.3 Å². The summed E-state index contributed by atoms with van der Waals surface area (Å²) in [6.45, 7) is 0. The van der Waals surface area contributed by atoms with Crippen LogP contribution in [-0.2, 0) is 0 Å². The minimum absolute atomic E-state index is 0.222. The maximum absolute atomic E-state index is 6.04. The zero-order valence-corrected chi connectivity index (χ0v) is 12.2. The zero-order valence-electron chi connectivity index (χ0n) is 11.5. The van der Waals surface area contributed by atoms with Gasteiger partial charge in [-0.3, -0.25) is 0 Å². The van der Waals surface area contributed by atoms with Crippen LogP contribution in [0.25, 0.3) is 33.1 Å². The van der Waals surface area contributed by atoms with Gasteiger partial charge >= 0.3 is 0 Å². The number of nitrogen functional groups attached to an aromatic ring is 1. The Morgan fingerprint density at radius 2 is 1.64 bits per heavy atom. The van der Waals surface area contributed by atoms with E-state index in [1.54, 1.807) is 12.1 Å². The molecule has 0 saturated heterocycles. The third-order valence-electron chi connectivity index (χ3n) is 3.57. The van der Waals surface area contributed by atoms with E-state index in [2.05, 4.69) is 33.2 Å². The van der Waals surface area contributed by atoms with E-state index in [1.165, 1.54) is 0 Å². The first kappa shape index (κ1) is 13.0. The van der Waals surface area contributed by atoms with E-state index >= 15 is 0 Å². The summed E-state index contributed by atoms with van der Waals surface area (Å²) in [5.74, 6) is 0.222. The third-order valence-corrected chi connectivity index (χ3v) is 3.78. The number of benzene rings is 2. The molecule has 4 nitrogen and oxygen atoms in total. The monoisotopic (exact) mass is 306 g/mol. The highest BCUT2D eigenvalue weighted by Crippen LogP contribution is 2.32. The minimum Gasteiger partial charge on any atom is -0.368 e. The molecule has 2 heterocycles. The molecule has 4 rings (SSSR count). The number of pyridine rings is 1. The average molecular weight is 307 g/mol. The second-order valence-corrected chi connectivity index (χ2v) is 5.35. The van der Waals surface area contributed by atoms with Crippen molar-refractivity contribution in [1.29, 1.82) is 0 Å². The number of fused-ring (bicyclic) bond motifs is 2. The number of nitrogens with zero attached hydrogens (tertiary/aromatic N) is 3. The molecule has 0 atom stereocenters. The lowest BCUT2D eigenvalue weighted by Crippen LogP contribution is -1.99. The Labute approximate surface area is 131 Å². The molecule has 0 spiro atoms. The van der Waals surface area contributed by atoms with Gasteiger partial charge in [0.1, 0.15) is 16.4 Å². The molecule has 0 aliphatic heterocycles. The summed E-state index contributed by atoms with van der Waals surface area (Å²) >= 11 is 6.04. The van der Waals surface area contributed by atoms with E-state index in [9.17, 15) is 0 Å². The molecule has 2 N–H and O–H groups in total. The minimum atomic E-state index is 0.222. The van der Waals surface area contributed by atoms with E-state index in [0.717, 1.165) is 16.3 Å². The molecule has 2 aromatic heterocycles. The fraction of sp³-hybridized carbons (Fsp3) is 0. The lowest BCUT2D eigenvalue weighted by molar-refractivity contribution is 1.22. The van der Waals surface area contributed by atoms with Crippen LogP contribution in [0, 0.1) is 0 Å². The Morgan fingerprint density at radius 3 is 2.55 bits per heavy atom. The molecule has 0 fully saturated rings. The van der Waals surface area contributed by atoms with E-state index < -0.39 is 0 Å². The number of anilines is 1. The maximum atomic E-state index is 6.04. The van der Waals surface area contributed by atoms with Crippen LogP contribution in [-0.4, -0.2) is 15.0 Å². The predicted molar refractivity (Wildman–Crippen MR) is 89.7 cm³/mol. The van der Waals surface area contributed by atoms with E-state index in [0.29, 0.717) is 21.9 Å². The van der Waals surface area contributed by atoms with Gasteiger partial charge in [-0.05, 0) is 22.9 Å². The molecule has 0 bridgehead atoms. The number of rotatable bonds is 1. The molecular weight excluding hydrogens is 296 g/mol. The van der Waals surface area contributed by atoms with Crippen molar-refractivity contribution in [2.45, 2.75) is 0 Å². The van der Waals surface area contributed by atoms with Gasteiger partial charge in [-0.1, -0.05) is 54.1 Å². The first-order valence-corrected chi connectivity index (χ1v) is 7.18. The molecule has 2 aromatic carbocycles. The number of halogens is 1.